The van der Waals surface area contributed by atoms with Crippen molar-refractivity contribution in [2.45, 2.75) is 13.5 Å². The molecular formula is C7H11N2O5P. The van der Waals surface area contributed by atoms with Gasteiger partial charge in [-0.15, -0.1) is 0 Å². The van der Waals surface area contributed by atoms with E-state index < -0.39 is 14.4 Å². The van der Waals surface area contributed by atoms with E-state index in [1.807, 2.05) is 0 Å². The Morgan fingerprint density at radius 3 is 2.73 bits per heavy atom. The summed E-state index contributed by atoms with van der Waals surface area (Å²) in [7, 11) is -4.54. The fraction of sp³-hybridized carbons (Fsp3) is 0.286. The number of aromatic nitrogens is 1. The van der Waals surface area contributed by atoms with Gasteiger partial charge in [0.25, 0.3) is 0 Å². The van der Waals surface area contributed by atoms with Crippen LogP contribution in [0.25, 0.3) is 0 Å². The first-order valence-corrected chi connectivity index (χ1v) is 5.47. The summed E-state index contributed by atoms with van der Waals surface area (Å²) in [6.45, 7) is 1.15. The van der Waals surface area contributed by atoms with E-state index in [4.69, 9.17) is 15.5 Å². The van der Waals surface area contributed by atoms with Crippen LogP contribution in [0.2, 0.25) is 0 Å². The molecule has 1 heterocycles. The van der Waals surface area contributed by atoms with Crippen LogP contribution in [0, 0.1) is 6.92 Å². The van der Waals surface area contributed by atoms with Gasteiger partial charge in [-0.1, -0.05) is 0 Å². The minimum Gasteiger partial charge on any atom is -0.504 e. The molecule has 0 saturated heterocycles. The average molecular weight is 234 g/mol. The van der Waals surface area contributed by atoms with Crippen molar-refractivity contribution < 1.29 is 24.0 Å². The fourth-order valence-electron chi connectivity index (χ4n) is 0.921. The van der Waals surface area contributed by atoms with E-state index in [2.05, 4.69) is 9.51 Å². The van der Waals surface area contributed by atoms with Crippen molar-refractivity contribution in [3.8, 4) is 5.75 Å². The zero-order chi connectivity index (χ0) is 11.6. The van der Waals surface area contributed by atoms with Gasteiger partial charge in [0.05, 0.1) is 18.0 Å². The Balaban J connectivity index is 2.88. The van der Waals surface area contributed by atoms with Crippen LogP contribution in [0.1, 0.15) is 11.3 Å². The molecule has 0 saturated carbocycles. The molecule has 84 valence electrons. The van der Waals surface area contributed by atoms with Crippen molar-refractivity contribution in [2.75, 3.05) is 5.73 Å². The smallest absolute Gasteiger partial charge is 0.469 e. The summed E-state index contributed by atoms with van der Waals surface area (Å²) in [4.78, 5) is 20.7. The second-order valence-electron chi connectivity index (χ2n) is 2.90. The van der Waals surface area contributed by atoms with Crippen LogP contribution in [-0.2, 0) is 15.7 Å². The number of hydrogen-bond acceptors (Lipinski definition) is 5. The molecule has 0 aromatic carbocycles. The Morgan fingerprint density at radius 2 is 2.20 bits per heavy atom. The van der Waals surface area contributed by atoms with E-state index in [9.17, 15) is 9.67 Å². The molecular weight excluding hydrogens is 223 g/mol. The van der Waals surface area contributed by atoms with Crippen molar-refractivity contribution in [3.63, 3.8) is 0 Å². The molecule has 0 aliphatic carbocycles. The van der Waals surface area contributed by atoms with E-state index in [0.717, 1.165) is 0 Å². The predicted octanol–water partition coefficient (Wildman–Crippen LogP) is 0.287. The van der Waals surface area contributed by atoms with Gasteiger partial charge in [-0.25, -0.2) is 4.57 Å². The molecule has 5 N–H and O–H groups in total. The average Bonchev–Trinajstić information content (AvgIpc) is 2.12. The third kappa shape index (κ3) is 3.17. The highest BCUT2D eigenvalue weighted by molar-refractivity contribution is 7.46. The van der Waals surface area contributed by atoms with Crippen LogP contribution in [0.3, 0.4) is 0 Å². The molecule has 1 rings (SSSR count). The zero-order valence-electron chi connectivity index (χ0n) is 7.91. The number of aryl methyl sites for hydroxylation is 1. The molecule has 0 aliphatic rings. The molecule has 8 heteroatoms. The highest BCUT2D eigenvalue weighted by atomic mass is 31.2. The Labute approximate surface area is 85.8 Å². The SMILES string of the molecule is Cc1ncc(COP(=O)(O)O)c(N)c1O. The van der Waals surface area contributed by atoms with Crippen molar-refractivity contribution in [2.24, 2.45) is 0 Å². The van der Waals surface area contributed by atoms with Crippen molar-refractivity contribution in [1.29, 1.82) is 0 Å². The lowest BCUT2D eigenvalue weighted by Gasteiger charge is -2.09. The quantitative estimate of drug-likeness (QED) is 0.553. The normalized spacial score (nSPS) is 11.7. The van der Waals surface area contributed by atoms with Crippen LogP contribution in [0.4, 0.5) is 5.69 Å². The van der Waals surface area contributed by atoms with E-state index in [-0.39, 0.29) is 17.0 Å². The summed E-state index contributed by atoms with van der Waals surface area (Å²) in [5.41, 5.74) is 6.06. The van der Waals surface area contributed by atoms with Gasteiger partial charge in [-0.2, -0.15) is 0 Å². The first-order valence-electron chi connectivity index (χ1n) is 3.94. The number of pyridine rings is 1. The van der Waals surface area contributed by atoms with Crippen molar-refractivity contribution >= 4 is 13.5 Å². The summed E-state index contributed by atoms with van der Waals surface area (Å²) in [5.74, 6) is -0.207. The maximum atomic E-state index is 10.4. The lowest BCUT2D eigenvalue weighted by Crippen LogP contribution is -2.00. The van der Waals surface area contributed by atoms with E-state index in [0.29, 0.717) is 5.69 Å². The Hall–Kier alpha value is -1.14. The van der Waals surface area contributed by atoms with Crippen LogP contribution in [0.15, 0.2) is 6.20 Å². The van der Waals surface area contributed by atoms with Crippen molar-refractivity contribution in [3.05, 3.63) is 17.5 Å². The molecule has 0 atom stereocenters. The summed E-state index contributed by atoms with van der Waals surface area (Å²) < 4.78 is 14.6. The predicted molar refractivity (Wildman–Crippen MR) is 51.9 cm³/mol. The van der Waals surface area contributed by atoms with Crippen LogP contribution in [0.5, 0.6) is 5.75 Å². The Morgan fingerprint density at radius 1 is 1.60 bits per heavy atom. The molecule has 1 aromatic heterocycles. The van der Waals surface area contributed by atoms with Gasteiger partial charge in [0.15, 0.2) is 5.75 Å². The lowest BCUT2D eigenvalue weighted by molar-refractivity contribution is 0.189. The monoisotopic (exact) mass is 234 g/mol. The number of anilines is 1. The molecule has 0 bridgehead atoms. The largest absolute Gasteiger partial charge is 0.504 e. The molecule has 1 aromatic rings. The summed E-state index contributed by atoms with van der Waals surface area (Å²) in [6.07, 6.45) is 1.29. The maximum Gasteiger partial charge on any atom is 0.469 e. The van der Waals surface area contributed by atoms with Crippen molar-refractivity contribution in [1.82, 2.24) is 4.98 Å². The van der Waals surface area contributed by atoms with Gasteiger partial charge >= 0.3 is 7.82 Å². The zero-order valence-corrected chi connectivity index (χ0v) is 8.81. The number of nitrogens with zero attached hydrogens (tertiary/aromatic N) is 1. The standard InChI is InChI=1S/C7H11N2O5P/c1-4-7(10)6(8)5(2-9-4)3-14-15(11,12)13/h2,10H,3H2,1H3,(H2,8,9)(H2,11,12,13). The molecule has 7 nitrogen and oxygen atoms in total. The topological polar surface area (TPSA) is 126 Å². The number of phosphoric ester groups is 1. The molecule has 0 aliphatic heterocycles. The number of nitrogen functional groups attached to an aromatic ring is 1. The minimum absolute atomic E-state index is 0.0101. The first kappa shape index (κ1) is 11.9. The highest BCUT2D eigenvalue weighted by Crippen LogP contribution is 2.38. The van der Waals surface area contributed by atoms with Gasteiger partial charge in [0, 0.05) is 11.8 Å². The van der Waals surface area contributed by atoms with E-state index in [1.165, 1.54) is 6.20 Å². The van der Waals surface area contributed by atoms with Gasteiger partial charge in [0.1, 0.15) is 0 Å². The number of nitrogens with two attached hydrogens (primary N) is 1. The summed E-state index contributed by atoms with van der Waals surface area (Å²) in [5, 5.41) is 9.38. The highest BCUT2D eigenvalue weighted by Gasteiger charge is 2.16. The second kappa shape index (κ2) is 4.16. The molecule has 0 radical (unpaired) electrons. The van der Waals surface area contributed by atoms with Gasteiger partial charge in [-0.3, -0.25) is 9.51 Å². The molecule has 0 amide bonds. The van der Waals surface area contributed by atoms with Gasteiger partial charge < -0.3 is 20.6 Å². The molecule has 15 heavy (non-hydrogen) atoms. The second-order valence-corrected chi connectivity index (χ2v) is 4.13. The fourth-order valence-corrected chi connectivity index (χ4v) is 1.23. The third-order valence-corrected chi connectivity index (χ3v) is 2.21. The van der Waals surface area contributed by atoms with Gasteiger partial charge in [-0.05, 0) is 6.92 Å². The van der Waals surface area contributed by atoms with Gasteiger partial charge in [0.2, 0.25) is 0 Å². The van der Waals surface area contributed by atoms with Crippen LogP contribution >= 0.6 is 7.82 Å². The minimum atomic E-state index is -4.54. The lowest BCUT2D eigenvalue weighted by atomic mass is 10.2. The number of rotatable bonds is 3. The first-order chi connectivity index (χ1) is 6.81. The number of hydrogen-bond donors (Lipinski definition) is 4. The maximum absolute atomic E-state index is 10.4. The van der Waals surface area contributed by atoms with Crippen LogP contribution < -0.4 is 5.73 Å². The Kier molecular flexibility index (Phi) is 3.31. The number of aromatic hydroxyl groups is 1. The molecule has 0 spiro atoms. The summed E-state index contributed by atoms with van der Waals surface area (Å²) in [6, 6.07) is 0. The molecule has 0 unspecified atom stereocenters. The summed E-state index contributed by atoms with van der Waals surface area (Å²) >= 11 is 0. The third-order valence-electron chi connectivity index (χ3n) is 1.75. The number of phosphoric acid groups is 1. The van der Waals surface area contributed by atoms with E-state index >= 15 is 0 Å². The van der Waals surface area contributed by atoms with E-state index in [1.54, 1.807) is 6.92 Å². The van der Waals surface area contributed by atoms with Crippen LogP contribution in [-0.4, -0.2) is 19.9 Å². The molecule has 0 fully saturated rings. The Bertz CT molecular complexity index is 416.